The molecule has 100 valence electrons. The first kappa shape index (κ1) is 14.1. The van der Waals surface area contributed by atoms with Gasteiger partial charge < -0.3 is 0 Å². The van der Waals surface area contributed by atoms with E-state index in [4.69, 9.17) is 0 Å². The highest BCUT2D eigenvalue weighted by Crippen LogP contribution is 2.34. The van der Waals surface area contributed by atoms with Crippen LogP contribution in [0.5, 0.6) is 0 Å². The van der Waals surface area contributed by atoms with Crippen LogP contribution in [0.25, 0.3) is 10.6 Å². The topological polar surface area (TPSA) is 68.9 Å². The Morgan fingerprint density at radius 1 is 1.42 bits per heavy atom. The molecule has 1 atom stereocenters. The predicted octanol–water partition coefficient (Wildman–Crippen LogP) is 4.27. The first-order valence-corrected chi connectivity index (χ1v) is 7.48. The molecule has 0 fully saturated rings. The molecule has 2 rings (SSSR count). The van der Waals surface area contributed by atoms with Gasteiger partial charge in [0.1, 0.15) is 10.0 Å². The van der Waals surface area contributed by atoms with Crippen LogP contribution >= 0.6 is 27.3 Å². The van der Waals surface area contributed by atoms with Gasteiger partial charge in [0.2, 0.25) is 0 Å². The minimum Gasteiger partial charge on any atom is -0.258 e. The maximum Gasteiger partial charge on any atom is 0.270 e. The number of hydrogen-bond acceptors (Lipinski definition) is 5. The molecule has 1 aromatic heterocycles. The zero-order chi connectivity index (χ0) is 14.0. The number of aromatic nitrogens is 2. The van der Waals surface area contributed by atoms with Crippen molar-refractivity contribution in [1.29, 1.82) is 0 Å². The highest BCUT2D eigenvalue weighted by Gasteiger charge is 2.15. The van der Waals surface area contributed by atoms with E-state index >= 15 is 0 Å². The Labute approximate surface area is 123 Å². The summed E-state index contributed by atoms with van der Waals surface area (Å²) in [5.41, 5.74) is 1.66. The van der Waals surface area contributed by atoms with E-state index in [1.54, 1.807) is 6.07 Å². The van der Waals surface area contributed by atoms with Gasteiger partial charge in [0.25, 0.3) is 5.69 Å². The predicted molar refractivity (Wildman–Crippen MR) is 78.7 cm³/mol. The summed E-state index contributed by atoms with van der Waals surface area (Å²) in [6, 6.07) is 4.96. The van der Waals surface area contributed by atoms with Gasteiger partial charge in [0.15, 0.2) is 0 Å². The molecule has 0 radical (unpaired) electrons. The Balaban J connectivity index is 2.41. The van der Waals surface area contributed by atoms with E-state index in [9.17, 15) is 10.1 Å². The van der Waals surface area contributed by atoms with Gasteiger partial charge in [0.05, 0.1) is 9.75 Å². The van der Waals surface area contributed by atoms with E-state index < -0.39 is 4.92 Å². The van der Waals surface area contributed by atoms with Crippen molar-refractivity contribution in [3.05, 3.63) is 38.9 Å². The second-order valence-corrected chi connectivity index (χ2v) is 6.25. The molecule has 0 aliphatic rings. The lowest BCUT2D eigenvalue weighted by molar-refractivity contribution is -0.384. The lowest BCUT2D eigenvalue weighted by atomic mass is 10.1. The molecule has 0 amide bonds. The Kier molecular flexibility index (Phi) is 4.26. The molecule has 0 saturated heterocycles. The van der Waals surface area contributed by atoms with Crippen LogP contribution in [0, 0.1) is 17.0 Å². The lowest BCUT2D eigenvalue weighted by Crippen LogP contribution is -1.90. The Hall–Kier alpha value is -1.34. The molecular formula is C12H12BrN3O2S. The first-order chi connectivity index (χ1) is 9.01. The third kappa shape index (κ3) is 3.16. The zero-order valence-corrected chi connectivity index (χ0v) is 12.9. The Bertz CT molecular complexity index is 615. The fraction of sp³-hybridized carbons (Fsp3) is 0.333. The summed E-state index contributed by atoms with van der Waals surface area (Å²) in [7, 11) is 0. The van der Waals surface area contributed by atoms with Gasteiger partial charge in [-0.1, -0.05) is 34.2 Å². The maximum absolute atomic E-state index is 10.9. The number of nitro benzene ring substituents is 1. The van der Waals surface area contributed by atoms with E-state index in [0.717, 1.165) is 22.6 Å². The largest absolute Gasteiger partial charge is 0.270 e. The quantitative estimate of drug-likeness (QED) is 0.473. The van der Waals surface area contributed by atoms with E-state index in [1.165, 1.54) is 17.4 Å². The van der Waals surface area contributed by atoms with E-state index in [2.05, 4.69) is 33.1 Å². The van der Waals surface area contributed by atoms with Gasteiger partial charge in [-0.05, 0) is 25.0 Å². The maximum atomic E-state index is 10.9. The lowest BCUT2D eigenvalue weighted by Gasteiger charge is -2.00. The van der Waals surface area contributed by atoms with Crippen LogP contribution in [0.3, 0.4) is 0 Å². The molecule has 1 aromatic carbocycles. The summed E-state index contributed by atoms with van der Waals surface area (Å²) in [4.78, 5) is 10.6. The van der Waals surface area contributed by atoms with Crippen molar-refractivity contribution in [2.45, 2.75) is 25.1 Å². The van der Waals surface area contributed by atoms with E-state index in [-0.39, 0.29) is 10.5 Å². The molecule has 0 aliphatic heterocycles. The van der Waals surface area contributed by atoms with Gasteiger partial charge in [-0.25, -0.2) is 0 Å². The molecule has 5 nitrogen and oxygen atoms in total. The average molecular weight is 342 g/mol. The van der Waals surface area contributed by atoms with Crippen LogP contribution in [-0.4, -0.2) is 15.1 Å². The number of rotatable bonds is 4. The number of nitro groups is 1. The van der Waals surface area contributed by atoms with Crippen molar-refractivity contribution in [1.82, 2.24) is 10.2 Å². The van der Waals surface area contributed by atoms with Crippen LogP contribution in [0.4, 0.5) is 5.69 Å². The summed E-state index contributed by atoms with van der Waals surface area (Å²) in [6.07, 6.45) is 0.919. The molecule has 0 saturated carbocycles. The smallest absolute Gasteiger partial charge is 0.258 e. The summed E-state index contributed by atoms with van der Waals surface area (Å²) in [6.45, 7) is 3.88. The van der Waals surface area contributed by atoms with Crippen molar-refractivity contribution in [2.75, 3.05) is 0 Å². The van der Waals surface area contributed by atoms with Crippen LogP contribution < -0.4 is 0 Å². The molecule has 7 heteroatoms. The summed E-state index contributed by atoms with van der Waals surface area (Å²) in [5, 5.41) is 20.7. The highest BCUT2D eigenvalue weighted by molar-refractivity contribution is 9.09. The zero-order valence-electron chi connectivity index (χ0n) is 10.5. The third-order valence-electron chi connectivity index (χ3n) is 2.59. The molecule has 2 aromatic rings. The SMILES string of the molecule is CCC(Br)c1nnc(-c2cc(C)cc([N+](=O)[O-])c2)s1. The van der Waals surface area contributed by atoms with Gasteiger partial charge in [0, 0.05) is 17.7 Å². The number of nitrogens with zero attached hydrogens (tertiary/aromatic N) is 3. The summed E-state index contributed by atoms with van der Waals surface area (Å²) >= 11 is 4.98. The standard InChI is InChI=1S/C12H12BrN3O2S/c1-3-10(13)12-15-14-11(19-12)8-4-7(2)5-9(6-8)16(17)18/h4-6,10H,3H2,1-2H3. The van der Waals surface area contributed by atoms with Crippen LogP contribution in [0.2, 0.25) is 0 Å². The molecule has 1 heterocycles. The third-order valence-corrected chi connectivity index (χ3v) is 5.06. The minimum absolute atomic E-state index is 0.0811. The molecule has 0 bridgehead atoms. The molecule has 1 unspecified atom stereocenters. The number of halogens is 1. The van der Waals surface area contributed by atoms with Crippen LogP contribution in [0.15, 0.2) is 18.2 Å². The minimum atomic E-state index is -0.391. The normalized spacial score (nSPS) is 12.4. The monoisotopic (exact) mass is 341 g/mol. The average Bonchev–Trinajstić information content (AvgIpc) is 2.86. The fourth-order valence-corrected chi connectivity index (χ4v) is 2.91. The van der Waals surface area contributed by atoms with Gasteiger partial charge in [-0.2, -0.15) is 0 Å². The van der Waals surface area contributed by atoms with Crippen molar-refractivity contribution in [2.24, 2.45) is 0 Å². The van der Waals surface area contributed by atoms with E-state index in [0.29, 0.717) is 5.01 Å². The van der Waals surface area contributed by atoms with Gasteiger partial charge in [-0.15, -0.1) is 10.2 Å². The molecule has 0 spiro atoms. The summed E-state index contributed by atoms with van der Waals surface area (Å²) < 4.78 is 0. The van der Waals surface area contributed by atoms with Gasteiger partial charge in [-0.3, -0.25) is 10.1 Å². The molecule has 0 N–H and O–H groups in total. The van der Waals surface area contributed by atoms with Gasteiger partial charge >= 0.3 is 0 Å². The summed E-state index contributed by atoms with van der Waals surface area (Å²) in [5.74, 6) is 0. The first-order valence-electron chi connectivity index (χ1n) is 5.75. The van der Waals surface area contributed by atoms with Crippen molar-refractivity contribution >= 4 is 33.0 Å². The molecule has 19 heavy (non-hydrogen) atoms. The number of hydrogen-bond donors (Lipinski definition) is 0. The van der Waals surface area contributed by atoms with Crippen LogP contribution in [0.1, 0.15) is 28.7 Å². The highest BCUT2D eigenvalue weighted by atomic mass is 79.9. The Morgan fingerprint density at radius 3 is 2.79 bits per heavy atom. The number of alkyl halides is 1. The second kappa shape index (κ2) is 5.75. The van der Waals surface area contributed by atoms with Crippen molar-refractivity contribution in [3.63, 3.8) is 0 Å². The number of non-ortho nitro benzene ring substituents is 1. The Morgan fingerprint density at radius 2 is 2.16 bits per heavy atom. The second-order valence-electron chi connectivity index (χ2n) is 4.14. The molecular weight excluding hydrogens is 330 g/mol. The van der Waals surface area contributed by atoms with Crippen LogP contribution in [-0.2, 0) is 0 Å². The number of benzene rings is 1. The number of aryl methyl sites for hydroxylation is 1. The van der Waals surface area contributed by atoms with E-state index in [1.807, 2.05) is 13.0 Å². The van der Waals surface area contributed by atoms with Crippen molar-refractivity contribution in [3.8, 4) is 10.6 Å². The molecule has 0 aliphatic carbocycles. The fourth-order valence-electron chi connectivity index (χ4n) is 1.64. The van der Waals surface area contributed by atoms with Crippen molar-refractivity contribution < 1.29 is 4.92 Å².